The molecule has 0 spiro atoms. The van der Waals surface area contributed by atoms with Crippen LogP contribution in [-0.4, -0.2) is 22.5 Å². The second kappa shape index (κ2) is 3.82. The van der Waals surface area contributed by atoms with E-state index in [1.54, 1.807) is 23.0 Å². The van der Waals surface area contributed by atoms with Crippen LogP contribution in [0, 0.1) is 5.82 Å². The summed E-state index contributed by atoms with van der Waals surface area (Å²) in [5.41, 5.74) is 0.681. The van der Waals surface area contributed by atoms with Crippen LogP contribution in [0.5, 0.6) is 0 Å². The van der Waals surface area contributed by atoms with Gasteiger partial charge in [-0.15, -0.1) is 0 Å². The van der Waals surface area contributed by atoms with E-state index in [2.05, 4.69) is 21.0 Å². The van der Waals surface area contributed by atoms with E-state index < -0.39 is 0 Å². The average Bonchev–Trinajstić information content (AvgIpc) is 2.61. The van der Waals surface area contributed by atoms with Crippen molar-refractivity contribution < 1.29 is 9.13 Å². The van der Waals surface area contributed by atoms with Crippen LogP contribution in [0.2, 0.25) is 0 Å². The van der Waals surface area contributed by atoms with Crippen LogP contribution in [0.1, 0.15) is 6.42 Å². The predicted molar refractivity (Wildman–Crippen MR) is 61.7 cm³/mol. The van der Waals surface area contributed by atoms with Crippen LogP contribution >= 0.6 is 15.9 Å². The highest BCUT2D eigenvalue weighted by molar-refractivity contribution is 9.10. The van der Waals surface area contributed by atoms with Crippen molar-refractivity contribution in [1.82, 2.24) is 9.78 Å². The monoisotopic (exact) mass is 284 g/mol. The zero-order valence-corrected chi connectivity index (χ0v) is 10.1. The zero-order valence-electron chi connectivity index (χ0n) is 8.49. The first-order chi connectivity index (χ1) is 7.74. The van der Waals surface area contributed by atoms with Gasteiger partial charge in [-0.25, -0.2) is 4.39 Å². The van der Waals surface area contributed by atoms with E-state index in [0.29, 0.717) is 21.9 Å². The Morgan fingerprint density at radius 2 is 2.38 bits per heavy atom. The maximum absolute atomic E-state index is 13.7. The molecule has 1 aliphatic heterocycles. The van der Waals surface area contributed by atoms with E-state index in [4.69, 9.17) is 4.74 Å². The van der Waals surface area contributed by atoms with Gasteiger partial charge in [0.2, 0.25) is 0 Å². The van der Waals surface area contributed by atoms with Crippen molar-refractivity contribution in [3.63, 3.8) is 0 Å². The molecule has 0 bridgehead atoms. The summed E-state index contributed by atoms with van der Waals surface area (Å²) in [7, 11) is 0. The van der Waals surface area contributed by atoms with E-state index >= 15 is 0 Å². The molecular weight excluding hydrogens is 275 g/mol. The molecule has 1 saturated heterocycles. The van der Waals surface area contributed by atoms with Crippen molar-refractivity contribution in [1.29, 1.82) is 0 Å². The van der Waals surface area contributed by atoms with E-state index in [1.807, 2.05) is 0 Å². The van der Waals surface area contributed by atoms with Gasteiger partial charge < -0.3 is 4.74 Å². The Kier molecular flexibility index (Phi) is 2.44. The van der Waals surface area contributed by atoms with Crippen molar-refractivity contribution in [3.8, 4) is 0 Å². The summed E-state index contributed by atoms with van der Waals surface area (Å²) in [5.74, 6) is -0.252. The van der Waals surface area contributed by atoms with E-state index in [9.17, 15) is 4.39 Å². The van der Waals surface area contributed by atoms with Gasteiger partial charge in [-0.05, 0) is 34.5 Å². The molecule has 0 saturated carbocycles. The Morgan fingerprint density at radius 1 is 1.56 bits per heavy atom. The van der Waals surface area contributed by atoms with Gasteiger partial charge in [0.1, 0.15) is 5.82 Å². The summed E-state index contributed by atoms with van der Waals surface area (Å²) in [5, 5.41) is 4.86. The normalized spacial score (nSPS) is 20.0. The lowest BCUT2D eigenvalue weighted by Crippen LogP contribution is -2.31. The number of hydrogen-bond acceptors (Lipinski definition) is 2. The molecule has 0 aliphatic carbocycles. The largest absolute Gasteiger partial charge is 0.376 e. The molecule has 3 rings (SSSR count). The van der Waals surface area contributed by atoms with Gasteiger partial charge >= 0.3 is 0 Å². The van der Waals surface area contributed by atoms with Crippen LogP contribution in [0.25, 0.3) is 10.9 Å². The molecule has 84 valence electrons. The van der Waals surface area contributed by atoms with Crippen molar-refractivity contribution in [3.05, 3.63) is 28.6 Å². The molecule has 5 heteroatoms. The van der Waals surface area contributed by atoms with Gasteiger partial charge in [-0.1, -0.05) is 0 Å². The second-order valence-electron chi connectivity index (χ2n) is 3.93. The van der Waals surface area contributed by atoms with Gasteiger partial charge in [0.15, 0.2) is 0 Å². The first-order valence-electron chi connectivity index (χ1n) is 5.17. The first kappa shape index (κ1) is 10.2. The highest BCUT2D eigenvalue weighted by Crippen LogP contribution is 2.24. The number of rotatable bonds is 2. The minimum absolute atomic E-state index is 0.237. The lowest BCUT2D eigenvalue weighted by molar-refractivity contribution is -0.0608. The summed E-state index contributed by atoms with van der Waals surface area (Å²) in [6.07, 6.45) is 3.03. The molecule has 1 atom stereocenters. The second-order valence-corrected chi connectivity index (χ2v) is 4.78. The number of nitrogens with zero attached hydrogens (tertiary/aromatic N) is 2. The van der Waals surface area contributed by atoms with Gasteiger partial charge in [-0.2, -0.15) is 5.10 Å². The van der Waals surface area contributed by atoms with Crippen molar-refractivity contribution in [2.75, 3.05) is 6.61 Å². The molecule has 2 aromatic rings. The number of ether oxygens (including phenoxy) is 1. The predicted octanol–water partition coefficient (Wildman–Crippen LogP) is 2.73. The van der Waals surface area contributed by atoms with Crippen molar-refractivity contribution >= 4 is 26.8 Å². The number of halogens is 2. The lowest BCUT2D eigenvalue weighted by atomic mass is 10.2. The minimum atomic E-state index is -0.252. The Morgan fingerprint density at radius 3 is 3.06 bits per heavy atom. The van der Waals surface area contributed by atoms with Crippen molar-refractivity contribution in [2.24, 2.45) is 0 Å². The summed E-state index contributed by atoms with van der Waals surface area (Å²) in [6, 6.07) is 3.48. The maximum Gasteiger partial charge on any atom is 0.148 e. The summed E-state index contributed by atoms with van der Waals surface area (Å²) in [4.78, 5) is 0. The summed E-state index contributed by atoms with van der Waals surface area (Å²) in [6.45, 7) is 1.52. The highest BCUT2D eigenvalue weighted by atomic mass is 79.9. The molecule has 0 amide bonds. The number of aromatic nitrogens is 2. The maximum atomic E-state index is 13.7. The number of hydrogen-bond donors (Lipinski definition) is 0. The topological polar surface area (TPSA) is 27.1 Å². The van der Waals surface area contributed by atoms with Gasteiger partial charge in [0, 0.05) is 12.8 Å². The molecule has 1 aromatic heterocycles. The van der Waals surface area contributed by atoms with Crippen LogP contribution < -0.4 is 0 Å². The molecule has 0 unspecified atom stereocenters. The molecule has 1 aromatic carbocycles. The van der Waals surface area contributed by atoms with E-state index in [-0.39, 0.29) is 11.9 Å². The van der Waals surface area contributed by atoms with E-state index in [1.165, 1.54) is 0 Å². The van der Waals surface area contributed by atoms with Crippen LogP contribution in [-0.2, 0) is 11.3 Å². The number of benzene rings is 1. The Balaban J connectivity index is 1.98. The molecule has 2 heterocycles. The molecule has 1 aliphatic rings. The first-order valence-corrected chi connectivity index (χ1v) is 5.96. The fourth-order valence-corrected chi connectivity index (χ4v) is 2.16. The molecule has 1 fully saturated rings. The molecular formula is C11H10BrFN2O. The quantitative estimate of drug-likeness (QED) is 0.848. The van der Waals surface area contributed by atoms with Gasteiger partial charge in [-0.3, -0.25) is 4.68 Å². The highest BCUT2D eigenvalue weighted by Gasteiger charge is 2.19. The molecule has 0 N–H and O–H groups in total. The van der Waals surface area contributed by atoms with Gasteiger partial charge in [0.25, 0.3) is 0 Å². The standard InChI is InChI=1S/C11H10BrFN2O/c12-9-1-2-10-8(11(9)13)6-15(14-10)5-7-3-4-16-7/h1-2,6-7H,3-5H2/t7-/m0/s1. The third-order valence-corrected chi connectivity index (χ3v) is 3.42. The molecule has 0 radical (unpaired) electrons. The van der Waals surface area contributed by atoms with Gasteiger partial charge in [0.05, 0.1) is 28.0 Å². The van der Waals surface area contributed by atoms with Crippen molar-refractivity contribution in [2.45, 2.75) is 19.1 Å². The number of fused-ring (bicyclic) bond motifs is 1. The molecule has 16 heavy (non-hydrogen) atoms. The third kappa shape index (κ3) is 1.64. The smallest absolute Gasteiger partial charge is 0.148 e. The fraction of sp³-hybridized carbons (Fsp3) is 0.364. The lowest BCUT2D eigenvalue weighted by Gasteiger charge is -2.25. The van der Waals surface area contributed by atoms with Crippen LogP contribution in [0.3, 0.4) is 0 Å². The Bertz CT molecular complexity index is 536. The van der Waals surface area contributed by atoms with E-state index in [0.717, 1.165) is 13.0 Å². The summed E-state index contributed by atoms with van der Waals surface area (Å²) >= 11 is 3.16. The SMILES string of the molecule is Fc1c(Br)ccc2nn(C[C@@H]3CCO3)cc12. The summed E-state index contributed by atoms with van der Waals surface area (Å²) < 4.78 is 21.3. The zero-order chi connectivity index (χ0) is 11.1. The van der Waals surface area contributed by atoms with Crippen LogP contribution in [0.15, 0.2) is 22.8 Å². The van der Waals surface area contributed by atoms with Crippen LogP contribution in [0.4, 0.5) is 4.39 Å². The fourth-order valence-electron chi connectivity index (χ4n) is 1.81. The Hall–Kier alpha value is -0.940. The third-order valence-electron chi connectivity index (χ3n) is 2.81. The Labute approximate surface area is 100 Å². The molecule has 3 nitrogen and oxygen atoms in total. The minimum Gasteiger partial charge on any atom is -0.376 e. The average molecular weight is 285 g/mol.